The van der Waals surface area contributed by atoms with Crippen molar-refractivity contribution in [3.05, 3.63) is 23.8 Å². The molecule has 0 spiro atoms. The number of ether oxygens (including phenoxy) is 1. The molecule has 0 aliphatic heterocycles. The monoisotopic (exact) mass is 436 g/mol. The van der Waals surface area contributed by atoms with E-state index in [2.05, 4.69) is 12.6 Å². The highest BCUT2D eigenvalue weighted by Gasteiger charge is 2.75. The van der Waals surface area contributed by atoms with Crippen LogP contribution in [-0.2, 0) is 19.1 Å². The van der Waals surface area contributed by atoms with Crippen LogP contribution in [0.4, 0.5) is 4.39 Å². The fourth-order valence-electron chi connectivity index (χ4n) is 7.03. The zero-order chi connectivity index (χ0) is 22.1. The number of aliphatic hydroxyl groups is 1. The summed E-state index contributed by atoms with van der Waals surface area (Å²) in [7, 11) is 0. The highest BCUT2D eigenvalue weighted by atomic mass is 32.1. The number of esters is 1. The Kier molecular flexibility index (Phi) is 4.90. The summed E-state index contributed by atoms with van der Waals surface area (Å²) >= 11 is 4.08. The minimum atomic E-state index is -1.97. The smallest absolute Gasteiger partial charge is 0.306 e. The van der Waals surface area contributed by atoms with Crippen LogP contribution in [0.2, 0.25) is 0 Å². The number of carbonyl (C=O) groups excluding carboxylic acids is 3. The third kappa shape index (κ3) is 2.48. The van der Waals surface area contributed by atoms with Crippen LogP contribution in [-0.4, -0.2) is 39.3 Å². The molecule has 3 saturated carbocycles. The quantitative estimate of drug-likeness (QED) is 0.523. The Bertz CT molecular complexity index is 883. The summed E-state index contributed by atoms with van der Waals surface area (Å²) in [6, 6.07) is 0. The van der Waals surface area contributed by atoms with Gasteiger partial charge in [0.15, 0.2) is 17.1 Å². The van der Waals surface area contributed by atoms with Crippen molar-refractivity contribution in [2.45, 2.75) is 76.7 Å². The molecule has 0 aromatic heterocycles. The molecule has 4 aliphatic carbocycles. The summed E-state index contributed by atoms with van der Waals surface area (Å²) in [6.07, 6.45) is 5.02. The average molecular weight is 437 g/mol. The molecular formula is C23H29FO5S. The Morgan fingerprint density at radius 2 is 2.00 bits per heavy atom. The summed E-state index contributed by atoms with van der Waals surface area (Å²) in [5.41, 5.74) is -4.72. The number of alkyl halides is 1. The van der Waals surface area contributed by atoms with Gasteiger partial charge in [-0.05, 0) is 57.1 Å². The minimum Gasteiger partial charge on any atom is -0.449 e. The third-order valence-electron chi connectivity index (χ3n) is 8.68. The van der Waals surface area contributed by atoms with E-state index in [4.69, 9.17) is 4.74 Å². The molecule has 4 aliphatic rings. The summed E-state index contributed by atoms with van der Waals surface area (Å²) in [6.45, 7) is 5.24. The van der Waals surface area contributed by atoms with Crippen LogP contribution in [0.1, 0.15) is 59.3 Å². The van der Waals surface area contributed by atoms with E-state index in [0.717, 1.165) is 0 Å². The molecule has 0 amide bonds. The number of halogens is 1. The van der Waals surface area contributed by atoms with Gasteiger partial charge in [0, 0.05) is 23.2 Å². The normalized spacial score (nSPS) is 47.1. The van der Waals surface area contributed by atoms with E-state index >= 15 is 4.39 Å². The molecule has 7 atom stereocenters. The number of ketones is 1. The lowest BCUT2D eigenvalue weighted by Crippen LogP contribution is -2.69. The standard InChI is InChI=1S/C23H29FO5S/c1-4-18(27)29-22(19(28)30)10-8-15-16-6-5-13-11-14(25)7-9-20(13,2)23(16,24)17(26)12-21(15,22)3/h7,9,11,15-17,26H,4-6,8,10,12H2,1-3H3,(H,28,30)/t15-,16-,17-,20-,21-,22-,23-/m0/s1. The molecule has 0 unspecified atom stereocenters. The van der Waals surface area contributed by atoms with E-state index in [1.807, 2.05) is 6.92 Å². The molecule has 164 valence electrons. The highest BCUT2D eigenvalue weighted by Crippen LogP contribution is 2.70. The molecule has 0 aromatic carbocycles. The summed E-state index contributed by atoms with van der Waals surface area (Å²) < 4.78 is 22.7. The maximum Gasteiger partial charge on any atom is 0.306 e. The van der Waals surface area contributed by atoms with Gasteiger partial charge >= 0.3 is 5.97 Å². The largest absolute Gasteiger partial charge is 0.449 e. The summed E-state index contributed by atoms with van der Waals surface area (Å²) in [4.78, 5) is 36.8. The molecule has 0 heterocycles. The van der Waals surface area contributed by atoms with Gasteiger partial charge in [-0.1, -0.05) is 25.5 Å². The average Bonchev–Trinajstić information content (AvgIpc) is 2.96. The first-order valence-electron chi connectivity index (χ1n) is 10.7. The number of allylic oxidation sites excluding steroid dienone is 4. The lowest BCUT2D eigenvalue weighted by Gasteiger charge is -2.62. The number of hydrogen-bond donors (Lipinski definition) is 2. The van der Waals surface area contributed by atoms with Crippen LogP contribution in [0.15, 0.2) is 23.8 Å². The van der Waals surface area contributed by atoms with Gasteiger partial charge in [0.1, 0.15) is 0 Å². The highest BCUT2D eigenvalue weighted by molar-refractivity contribution is 7.96. The molecule has 30 heavy (non-hydrogen) atoms. The van der Waals surface area contributed by atoms with Crippen molar-refractivity contribution in [2.24, 2.45) is 22.7 Å². The Balaban J connectivity index is 1.80. The van der Waals surface area contributed by atoms with E-state index < -0.39 is 45.2 Å². The van der Waals surface area contributed by atoms with E-state index in [-0.39, 0.29) is 31.0 Å². The lowest BCUT2D eigenvalue weighted by molar-refractivity contribution is -0.222. The minimum absolute atomic E-state index is 0.0153. The van der Waals surface area contributed by atoms with E-state index in [1.54, 1.807) is 19.9 Å². The molecule has 7 heteroatoms. The molecule has 4 rings (SSSR count). The Morgan fingerprint density at radius 3 is 2.63 bits per heavy atom. The van der Waals surface area contributed by atoms with Crippen molar-refractivity contribution in [3.8, 4) is 0 Å². The van der Waals surface area contributed by atoms with E-state index in [1.165, 1.54) is 12.2 Å². The van der Waals surface area contributed by atoms with Crippen molar-refractivity contribution in [2.75, 3.05) is 0 Å². The fourth-order valence-corrected chi connectivity index (χ4v) is 7.44. The van der Waals surface area contributed by atoms with Crippen LogP contribution in [0.25, 0.3) is 0 Å². The van der Waals surface area contributed by atoms with E-state index in [0.29, 0.717) is 24.8 Å². The number of hydrogen-bond acceptors (Lipinski definition) is 5. The van der Waals surface area contributed by atoms with Gasteiger partial charge in [-0.3, -0.25) is 14.4 Å². The summed E-state index contributed by atoms with van der Waals surface area (Å²) in [5.74, 6) is -1.44. The molecule has 0 bridgehead atoms. The Morgan fingerprint density at radius 1 is 1.30 bits per heavy atom. The van der Waals surface area contributed by atoms with Gasteiger partial charge in [-0.25, -0.2) is 4.39 Å². The molecular weight excluding hydrogens is 407 g/mol. The zero-order valence-electron chi connectivity index (χ0n) is 17.6. The van der Waals surface area contributed by atoms with Gasteiger partial charge in [0.05, 0.1) is 6.10 Å². The first kappa shape index (κ1) is 21.8. The van der Waals surface area contributed by atoms with Gasteiger partial charge in [-0.15, -0.1) is 12.6 Å². The predicted octanol–water partition coefficient (Wildman–Crippen LogP) is 3.51. The lowest BCUT2D eigenvalue weighted by atomic mass is 9.45. The number of aliphatic hydroxyl groups excluding tert-OH is 1. The number of rotatable bonds is 3. The Hall–Kier alpha value is -1.47. The second-order valence-electron chi connectivity index (χ2n) is 9.76. The summed E-state index contributed by atoms with van der Waals surface area (Å²) in [5, 5.41) is 10.7. The van der Waals surface area contributed by atoms with Crippen molar-refractivity contribution < 1.29 is 28.6 Å². The molecule has 5 nitrogen and oxygen atoms in total. The molecule has 0 saturated heterocycles. The second-order valence-corrected chi connectivity index (χ2v) is 10.2. The molecule has 0 radical (unpaired) electrons. The van der Waals surface area contributed by atoms with Gasteiger partial charge < -0.3 is 9.84 Å². The molecule has 3 fully saturated rings. The molecule has 1 N–H and O–H groups in total. The SMILES string of the molecule is CCC(=O)O[C@]1(C(=O)S)CC[C@H]2[C@@H]3CCC4=CC(=O)C=C[C@]4(C)[C@@]3(F)[C@@H](O)C[C@@]21C. The van der Waals surface area contributed by atoms with Gasteiger partial charge in [0.25, 0.3) is 0 Å². The van der Waals surface area contributed by atoms with Crippen molar-refractivity contribution >= 4 is 29.5 Å². The van der Waals surface area contributed by atoms with Crippen LogP contribution >= 0.6 is 12.6 Å². The van der Waals surface area contributed by atoms with Gasteiger partial charge in [-0.2, -0.15) is 0 Å². The maximum atomic E-state index is 17.0. The van der Waals surface area contributed by atoms with Crippen LogP contribution in [0.5, 0.6) is 0 Å². The van der Waals surface area contributed by atoms with Crippen LogP contribution in [0, 0.1) is 22.7 Å². The van der Waals surface area contributed by atoms with Crippen molar-refractivity contribution in [1.82, 2.24) is 0 Å². The predicted molar refractivity (Wildman–Crippen MR) is 111 cm³/mol. The Labute approximate surface area is 181 Å². The topological polar surface area (TPSA) is 80.7 Å². The van der Waals surface area contributed by atoms with Crippen molar-refractivity contribution in [1.29, 1.82) is 0 Å². The van der Waals surface area contributed by atoms with Crippen LogP contribution in [0.3, 0.4) is 0 Å². The van der Waals surface area contributed by atoms with Crippen LogP contribution < -0.4 is 0 Å². The van der Waals surface area contributed by atoms with E-state index in [9.17, 15) is 19.5 Å². The second kappa shape index (κ2) is 6.76. The number of carbonyl (C=O) groups is 3. The number of fused-ring (bicyclic) bond motifs is 5. The van der Waals surface area contributed by atoms with Crippen molar-refractivity contribution in [3.63, 3.8) is 0 Å². The fraction of sp³-hybridized carbons (Fsp3) is 0.696. The third-order valence-corrected chi connectivity index (χ3v) is 9.04. The molecule has 0 aromatic rings. The number of thiol groups is 1. The maximum absolute atomic E-state index is 17.0. The van der Waals surface area contributed by atoms with Gasteiger partial charge in [0.2, 0.25) is 5.12 Å². The first-order chi connectivity index (χ1) is 14.0. The zero-order valence-corrected chi connectivity index (χ0v) is 18.5. The first-order valence-corrected chi connectivity index (χ1v) is 11.2.